The molecule has 0 atom stereocenters. The van der Waals surface area contributed by atoms with Crippen molar-refractivity contribution in [1.29, 1.82) is 21.0 Å². The van der Waals surface area contributed by atoms with Crippen LogP contribution in [0.5, 0.6) is 0 Å². The fourth-order valence-corrected chi connectivity index (χ4v) is 5.46. The largest absolute Gasteiger partial charge is 0.419 e. The Bertz CT molecular complexity index is 2340. The van der Waals surface area contributed by atoms with Gasteiger partial charge in [-0.1, -0.05) is 0 Å². The molecule has 0 aromatic heterocycles. The lowest BCUT2D eigenvalue weighted by Gasteiger charge is -2.18. The lowest BCUT2D eigenvalue weighted by atomic mass is 9.91. The first-order valence-corrected chi connectivity index (χ1v) is 12.7. The summed E-state index contributed by atoms with van der Waals surface area (Å²) >= 11 is 0. The molecule has 0 amide bonds. The van der Waals surface area contributed by atoms with E-state index in [0.29, 0.717) is 12.2 Å². The molecule has 0 fully saturated rings. The molecule has 14 heteroatoms. The Hall–Kier alpha value is -5.86. The molecule has 0 saturated carbocycles. The molecule has 2 aromatic carbocycles. The first-order valence-electron chi connectivity index (χ1n) is 12.7. The van der Waals surface area contributed by atoms with Crippen LogP contribution in [0.25, 0.3) is 16.7 Å². The molecule has 228 valence electrons. The highest BCUT2D eigenvalue weighted by atomic mass is 19.4. The van der Waals surface area contributed by atoms with Crippen molar-refractivity contribution < 1.29 is 43.9 Å². The van der Waals surface area contributed by atoms with Crippen molar-refractivity contribution in [3.63, 3.8) is 0 Å². The van der Waals surface area contributed by atoms with Gasteiger partial charge in [0.2, 0.25) is 0 Å². The number of allylic oxidation sites excluding steroid dienone is 9. The van der Waals surface area contributed by atoms with E-state index in [1.807, 2.05) is 0 Å². The quantitative estimate of drug-likeness (QED) is 0.191. The van der Waals surface area contributed by atoms with Crippen LogP contribution in [-0.2, 0) is 0 Å². The molecule has 0 unspecified atom stereocenters. The van der Waals surface area contributed by atoms with Crippen LogP contribution in [0.2, 0.25) is 0 Å². The summed E-state index contributed by atoms with van der Waals surface area (Å²) in [6, 6.07) is 11.2. The van der Waals surface area contributed by atoms with E-state index in [9.17, 15) is 65.0 Å². The summed E-state index contributed by atoms with van der Waals surface area (Å²) in [6.45, 7) is 0. The van der Waals surface area contributed by atoms with Gasteiger partial charge in [-0.25, -0.2) is 17.6 Å². The molecule has 4 nitrogen and oxygen atoms in total. The van der Waals surface area contributed by atoms with Gasteiger partial charge in [0, 0.05) is 18.4 Å². The number of benzene rings is 2. The Morgan fingerprint density at radius 1 is 0.609 bits per heavy atom. The third kappa shape index (κ3) is 5.04. The van der Waals surface area contributed by atoms with Crippen LogP contribution in [-0.4, -0.2) is 12.4 Å². The van der Waals surface area contributed by atoms with Crippen LogP contribution >= 0.6 is 0 Å². The average molecular weight is 640 g/mol. The van der Waals surface area contributed by atoms with Gasteiger partial charge in [0.15, 0.2) is 17.5 Å². The van der Waals surface area contributed by atoms with E-state index in [2.05, 4.69) is 0 Å². The van der Waals surface area contributed by atoms with E-state index in [4.69, 9.17) is 0 Å². The smallest absolute Gasteiger partial charge is 0.208 e. The van der Waals surface area contributed by atoms with Gasteiger partial charge in [-0.3, -0.25) is 0 Å². The topological polar surface area (TPSA) is 95.2 Å². The number of hydrogen-bond donors (Lipinski definition) is 0. The van der Waals surface area contributed by atoms with Gasteiger partial charge in [0.1, 0.15) is 23.5 Å². The molecule has 3 aliphatic carbocycles. The maximum Gasteiger partial charge on any atom is 0.419 e. The van der Waals surface area contributed by atoms with Crippen LogP contribution in [0.3, 0.4) is 0 Å². The van der Waals surface area contributed by atoms with Gasteiger partial charge in [-0.05, 0) is 79.6 Å². The predicted octanol–water partition coefficient (Wildman–Crippen LogP) is 7.27. The monoisotopic (exact) mass is 640 g/mol. The highest BCUT2D eigenvalue weighted by molar-refractivity contribution is 5.91. The van der Waals surface area contributed by atoms with Gasteiger partial charge in [-0.2, -0.15) is 47.4 Å². The number of nitrogens with zero attached hydrogens (tertiary/aromatic N) is 4. The Morgan fingerprint density at radius 2 is 1.11 bits per heavy atom. The second-order valence-corrected chi connectivity index (χ2v) is 10.0. The summed E-state index contributed by atoms with van der Waals surface area (Å²) in [5.74, 6) is -7.89. The van der Waals surface area contributed by atoms with E-state index < -0.39 is 76.4 Å². The average Bonchev–Trinajstić information content (AvgIpc) is 3.30. The Morgan fingerprint density at radius 3 is 1.54 bits per heavy atom. The Balaban J connectivity index is 1.93. The molecule has 0 bridgehead atoms. The molecular formula is C32H10F10N4. The second-order valence-electron chi connectivity index (χ2n) is 10.0. The zero-order valence-corrected chi connectivity index (χ0v) is 22.4. The fraction of sp³-hybridized carbons (Fsp3) is 0.125. The van der Waals surface area contributed by atoms with E-state index >= 15 is 0 Å². The van der Waals surface area contributed by atoms with Crippen molar-refractivity contribution in [3.8, 4) is 24.3 Å². The van der Waals surface area contributed by atoms with Crippen LogP contribution in [0.15, 0.2) is 76.4 Å². The number of hydrogen-bond acceptors (Lipinski definition) is 4. The SMILES string of the molecule is N#CC(C#N)=C1c2cc(=C3C=C(C(F)(F)F)C(F)=C(F)C3)c(C#N)cc2=c2cc(C#N)c(=C3C=C(F)C(F)=C(C(F)(F)F)C3)cc21. The number of nitriles is 4. The Labute approximate surface area is 250 Å². The minimum atomic E-state index is -5.31. The van der Waals surface area contributed by atoms with Crippen LogP contribution < -0.4 is 10.4 Å². The molecule has 0 N–H and O–H groups in total. The van der Waals surface area contributed by atoms with Gasteiger partial charge >= 0.3 is 12.4 Å². The van der Waals surface area contributed by atoms with E-state index in [0.717, 1.165) is 24.3 Å². The molecule has 2 aromatic rings. The standard InChI is InChI=1S/C32H10F10N4/c33-26-5-13(3-24(29(26)35)31(37,38)39)18-7-22-20(1-15(18)9-43)21-2-16(10-44)19(8-23(21)28(22)17(11-45)12-46)14-4-25(32(40,41)42)30(36)27(34)6-14/h1-3,6-8H,4-5H2. The summed E-state index contributed by atoms with van der Waals surface area (Å²) < 4.78 is 138. The van der Waals surface area contributed by atoms with Gasteiger partial charge < -0.3 is 0 Å². The molecule has 0 spiro atoms. The normalized spacial score (nSPS) is 18.5. The predicted molar refractivity (Wildman–Crippen MR) is 139 cm³/mol. The number of fused-ring (bicyclic) bond motifs is 2. The summed E-state index contributed by atoms with van der Waals surface area (Å²) in [5.41, 5.74) is -6.37. The van der Waals surface area contributed by atoms with Crippen molar-refractivity contribution in [2.45, 2.75) is 25.2 Å². The van der Waals surface area contributed by atoms with Crippen LogP contribution in [0.4, 0.5) is 43.9 Å². The lowest BCUT2D eigenvalue weighted by Crippen LogP contribution is -2.20. The third-order valence-electron chi connectivity index (χ3n) is 7.48. The van der Waals surface area contributed by atoms with Crippen molar-refractivity contribution in [2.24, 2.45) is 0 Å². The third-order valence-corrected chi connectivity index (χ3v) is 7.48. The van der Waals surface area contributed by atoms with Crippen LogP contribution in [0, 0.1) is 55.8 Å². The van der Waals surface area contributed by atoms with E-state index in [1.54, 1.807) is 24.3 Å². The molecule has 5 rings (SSSR count). The lowest BCUT2D eigenvalue weighted by molar-refractivity contribution is -0.0950. The van der Waals surface area contributed by atoms with Crippen LogP contribution in [0.1, 0.15) is 35.1 Å². The zero-order valence-electron chi connectivity index (χ0n) is 22.4. The molecule has 0 aliphatic heterocycles. The maximum atomic E-state index is 14.4. The van der Waals surface area contributed by atoms with Gasteiger partial charge in [0.05, 0.1) is 34.4 Å². The molecule has 0 radical (unpaired) electrons. The minimum Gasteiger partial charge on any atom is -0.208 e. The van der Waals surface area contributed by atoms with Crippen molar-refractivity contribution >= 4 is 16.7 Å². The Kier molecular flexibility index (Phi) is 7.51. The minimum absolute atomic E-state index is 0.0623. The molecule has 46 heavy (non-hydrogen) atoms. The van der Waals surface area contributed by atoms with Crippen molar-refractivity contribution in [1.82, 2.24) is 0 Å². The first-order chi connectivity index (χ1) is 21.5. The maximum absolute atomic E-state index is 14.4. The highest BCUT2D eigenvalue weighted by Crippen LogP contribution is 2.42. The summed E-state index contributed by atoms with van der Waals surface area (Å²) in [4.78, 5) is 0. The highest BCUT2D eigenvalue weighted by Gasteiger charge is 2.41. The summed E-state index contributed by atoms with van der Waals surface area (Å²) in [5, 5.41) is 38.7. The summed E-state index contributed by atoms with van der Waals surface area (Å²) in [6.07, 6.45) is -12.0. The summed E-state index contributed by atoms with van der Waals surface area (Å²) in [7, 11) is 0. The van der Waals surface area contributed by atoms with Gasteiger partial charge in [0.25, 0.3) is 0 Å². The zero-order chi connectivity index (χ0) is 33.9. The number of rotatable bonds is 0. The van der Waals surface area contributed by atoms with Crippen molar-refractivity contribution in [3.05, 3.63) is 120 Å². The second kappa shape index (κ2) is 10.9. The van der Waals surface area contributed by atoms with E-state index in [-0.39, 0.29) is 48.7 Å². The van der Waals surface area contributed by atoms with E-state index in [1.165, 1.54) is 0 Å². The molecule has 0 saturated heterocycles. The first kappa shape index (κ1) is 31.6. The van der Waals surface area contributed by atoms with Gasteiger partial charge in [-0.15, -0.1) is 0 Å². The molecule has 3 aliphatic rings. The van der Waals surface area contributed by atoms with Crippen molar-refractivity contribution in [2.75, 3.05) is 0 Å². The molecule has 0 heterocycles. The number of alkyl halides is 6. The fourth-order valence-electron chi connectivity index (χ4n) is 5.46. The molecular weight excluding hydrogens is 630 g/mol. The number of halogens is 10.